The third-order valence-electron chi connectivity index (χ3n) is 3.83. The summed E-state index contributed by atoms with van der Waals surface area (Å²) in [5.41, 5.74) is 5.68. The van der Waals surface area contributed by atoms with E-state index in [1.807, 2.05) is 0 Å². The molecule has 0 amide bonds. The Kier molecular flexibility index (Phi) is 3.29. The standard InChI is InChI=1S/C12H22N2O/c13-11(14)8-12(5-6-12)9-15-7-4-10-2-1-3-10/h10H,1-9H2,(H3,13,14). The first-order valence-corrected chi connectivity index (χ1v) is 6.11. The van der Waals surface area contributed by atoms with Crippen LogP contribution >= 0.6 is 0 Å². The molecule has 3 nitrogen and oxygen atoms in total. The number of rotatable bonds is 7. The van der Waals surface area contributed by atoms with E-state index >= 15 is 0 Å². The summed E-state index contributed by atoms with van der Waals surface area (Å²) in [4.78, 5) is 0. The molecule has 0 aromatic carbocycles. The van der Waals surface area contributed by atoms with Crippen LogP contribution in [-0.2, 0) is 4.74 Å². The molecular formula is C12H22N2O. The number of amidine groups is 1. The summed E-state index contributed by atoms with van der Waals surface area (Å²) in [5.74, 6) is 1.25. The van der Waals surface area contributed by atoms with Crippen molar-refractivity contribution in [3.8, 4) is 0 Å². The highest BCUT2D eigenvalue weighted by Crippen LogP contribution is 2.48. The Labute approximate surface area is 91.9 Å². The smallest absolute Gasteiger partial charge is 0.0911 e. The van der Waals surface area contributed by atoms with Crippen LogP contribution in [0, 0.1) is 16.7 Å². The molecule has 0 bridgehead atoms. The first-order chi connectivity index (χ1) is 7.20. The minimum atomic E-state index is 0.255. The third-order valence-corrected chi connectivity index (χ3v) is 3.83. The van der Waals surface area contributed by atoms with Gasteiger partial charge in [-0.2, -0.15) is 0 Å². The molecule has 2 fully saturated rings. The van der Waals surface area contributed by atoms with Crippen LogP contribution in [0.3, 0.4) is 0 Å². The number of hydrogen-bond donors (Lipinski definition) is 2. The van der Waals surface area contributed by atoms with Gasteiger partial charge in [0.2, 0.25) is 0 Å². The number of nitrogens with two attached hydrogens (primary N) is 1. The van der Waals surface area contributed by atoms with Gasteiger partial charge in [-0.1, -0.05) is 19.3 Å². The maximum absolute atomic E-state index is 7.30. The Balaban J connectivity index is 1.54. The van der Waals surface area contributed by atoms with Crippen molar-refractivity contribution in [3.05, 3.63) is 0 Å². The van der Waals surface area contributed by atoms with Gasteiger partial charge >= 0.3 is 0 Å². The van der Waals surface area contributed by atoms with Crippen LogP contribution in [0.15, 0.2) is 0 Å². The van der Waals surface area contributed by atoms with E-state index in [9.17, 15) is 0 Å². The molecule has 0 aromatic rings. The first kappa shape index (κ1) is 10.9. The fourth-order valence-electron chi connectivity index (χ4n) is 2.27. The lowest BCUT2D eigenvalue weighted by atomic mass is 9.83. The molecule has 0 unspecified atom stereocenters. The van der Waals surface area contributed by atoms with Crippen molar-refractivity contribution in [3.63, 3.8) is 0 Å². The van der Waals surface area contributed by atoms with Gasteiger partial charge in [-0.15, -0.1) is 0 Å². The first-order valence-electron chi connectivity index (χ1n) is 6.11. The van der Waals surface area contributed by atoms with Gasteiger partial charge in [-0.05, 0) is 25.2 Å². The van der Waals surface area contributed by atoms with Gasteiger partial charge in [0.15, 0.2) is 0 Å². The second-order valence-corrected chi connectivity index (χ2v) is 5.34. The van der Waals surface area contributed by atoms with Gasteiger partial charge in [0.1, 0.15) is 0 Å². The Morgan fingerprint density at radius 1 is 1.40 bits per heavy atom. The van der Waals surface area contributed by atoms with Crippen molar-refractivity contribution < 1.29 is 4.74 Å². The van der Waals surface area contributed by atoms with Crippen molar-refractivity contribution in [2.45, 2.75) is 44.9 Å². The Morgan fingerprint density at radius 2 is 2.13 bits per heavy atom. The predicted molar refractivity (Wildman–Crippen MR) is 61.0 cm³/mol. The summed E-state index contributed by atoms with van der Waals surface area (Å²) in [6.45, 7) is 1.73. The summed E-state index contributed by atoms with van der Waals surface area (Å²) < 4.78 is 5.72. The molecule has 15 heavy (non-hydrogen) atoms. The molecule has 0 heterocycles. The molecule has 0 atom stereocenters. The molecular weight excluding hydrogens is 188 g/mol. The summed E-state index contributed by atoms with van der Waals surface area (Å²) >= 11 is 0. The van der Waals surface area contributed by atoms with Gasteiger partial charge < -0.3 is 10.5 Å². The van der Waals surface area contributed by atoms with E-state index in [4.69, 9.17) is 15.9 Å². The predicted octanol–water partition coefficient (Wildman–Crippen LogP) is 2.30. The summed E-state index contributed by atoms with van der Waals surface area (Å²) in [5, 5.41) is 7.30. The minimum Gasteiger partial charge on any atom is -0.388 e. The molecule has 0 saturated heterocycles. The summed E-state index contributed by atoms with van der Waals surface area (Å²) in [6, 6.07) is 0. The fraction of sp³-hybridized carbons (Fsp3) is 0.917. The lowest BCUT2D eigenvalue weighted by Crippen LogP contribution is -2.21. The van der Waals surface area contributed by atoms with Gasteiger partial charge in [0, 0.05) is 18.4 Å². The van der Waals surface area contributed by atoms with Crippen LogP contribution in [0.2, 0.25) is 0 Å². The third kappa shape index (κ3) is 3.20. The number of ether oxygens (including phenoxy) is 1. The Bertz CT molecular complexity index is 232. The molecule has 0 aromatic heterocycles. The monoisotopic (exact) mass is 210 g/mol. The van der Waals surface area contributed by atoms with Gasteiger partial charge in [0.25, 0.3) is 0 Å². The zero-order valence-electron chi connectivity index (χ0n) is 9.43. The van der Waals surface area contributed by atoms with E-state index in [1.165, 1.54) is 38.5 Å². The lowest BCUT2D eigenvalue weighted by molar-refractivity contribution is 0.0732. The Morgan fingerprint density at radius 3 is 2.60 bits per heavy atom. The quantitative estimate of drug-likeness (QED) is 0.385. The molecule has 2 aliphatic carbocycles. The number of hydrogen-bond acceptors (Lipinski definition) is 2. The SMILES string of the molecule is N=C(N)CC1(COCCC2CCC2)CC1. The van der Waals surface area contributed by atoms with Crippen LogP contribution in [-0.4, -0.2) is 19.0 Å². The van der Waals surface area contributed by atoms with Crippen molar-refractivity contribution >= 4 is 5.84 Å². The Hall–Kier alpha value is -0.570. The molecule has 2 saturated carbocycles. The normalized spacial score (nSPS) is 23.5. The highest BCUT2D eigenvalue weighted by molar-refractivity contribution is 5.78. The highest BCUT2D eigenvalue weighted by Gasteiger charge is 2.43. The summed E-state index contributed by atoms with van der Waals surface area (Å²) in [6.07, 6.45) is 8.57. The largest absolute Gasteiger partial charge is 0.388 e. The molecule has 0 radical (unpaired) electrons. The average Bonchev–Trinajstić information content (AvgIpc) is 2.80. The van der Waals surface area contributed by atoms with Crippen LogP contribution in [0.5, 0.6) is 0 Å². The second-order valence-electron chi connectivity index (χ2n) is 5.34. The van der Waals surface area contributed by atoms with Crippen LogP contribution in [0.4, 0.5) is 0 Å². The fourth-order valence-corrected chi connectivity index (χ4v) is 2.27. The number of nitrogens with one attached hydrogen (secondary N) is 1. The van der Waals surface area contributed by atoms with E-state index in [-0.39, 0.29) is 5.41 Å². The molecule has 2 rings (SSSR count). The van der Waals surface area contributed by atoms with Crippen molar-refractivity contribution in [1.29, 1.82) is 5.41 Å². The average molecular weight is 210 g/mol. The van der Waals surface area contributed by atoms with Crippen molar-refractivity contribution in [2.75, 3.05) is 13.2 Å². The van der Waals surface area contributed by atoms with Crippen LogP contribution in [0.25, 0.3) is 0 Å². The summed E-state index contributed by atoms with van der Waals surface area (Å²) in [7, 11) is 0. The van der Waals surface area contributed by atoms with E-state index in [0.717, 1.165) is 25.6 Å². The molecule has 86 valence electrons. The van der Waals surface area contributed by atoms with Crippen molar-refractivity contribution in [2.24, 2.45) is 17.1 Å². The van der Waals surface area contributed by atoms with Gasteiger partial charge in [0.05, 0.1) is 12.4 Å². The maximum atomic E-state index is 7.30. The second kappa shape index (κ2) is 4.52. The molecule has 3 N–H and O–H groups in total. The van der Waals surface area contributed by atoms with E-state index < -0.39 is 0 Å². The zero-order valence-corrected chi connectivity index (χ0v) is 9.43. The maximum Gasteiger partial charge on any atom is 0.0911 e. The molecule has 2 aliphatic rings. The van der Waals surface area contributed by atoms with E-state index in [2.05, 4.69) is 0 Å². The zero-order chi connectivity index (χ0) is 10.7. The van der Waals surface area contributed by atoms with Crippen LogP contribution < -0.4 is 5.73 Å². The highest BCUT2D eigenvalue weighted by atomic mass is 16.5. The molecule has 0 aliphatic heterocycles. The minimum absolute atomic E-state index is 0.255. The van der Waals surface area contributed by atoms with Crippen molar-refractivity contribution in [1.82, 2.24) is 0 Å². The topological polar surface area (TPSA) is 59.1 Å². The lowest BCUT2D eigenvalue weighted by Gasteiger charge is -2.25. The van der Waals surface area contributed by atoms with Gasteiger partial charge in [-0.25, -0.2) is 0 Å². The van der Waals surface area contributed by atoms with Gasteiger partial charge in [-0.3, -0.25) is 5.41 Å². The van der Waals surface area contributed by atoms with Crippen LogP contribution in [0.1, 0.15) is 44.9 Å². The van der Waals surface area contributed by atoms with E-state index in [1.54, 1.807) is 0 Å². The molecule has 3 heteroatoms. The molecule has 0 spiro atoms. The van der Waals surface area contributed by atoms with E-state index in [0.29, 0.717) is 5.84 Å².